The summed E-state index contributed by atoms with van der Waals surface area (Å²) in [5.74, 6) is 0.137. The number of halogens is 1. The van der Waals surface area contributed by atoms with Gasteiger partial charge >= 0.3 is 12.0 Å². The molecule has 150 valence electrons. The van der Waals surface area contributed by atoms with Crippen LogP contribution >= 0.6 is 15.9 Å². The molecule has 1 aliphatic heterocycles. The van der Waals surface area contributed by atoms with Crippen molar-refractivity contribution < 1.29 is 24.2 Å². The number of nitrogens with one attached hydrogen (secondary N) is 3. The van der Waals surface area contributed by atoms with E-state index in [9.17, 15) is 14.7 Å². The molecule has 0 saturated heterocycles. The van der Waals surface area contributed by atoms with E-state index in [2.05, 4.69) is 31.5 Å². The van der Waals surface area contributed by atoms with E-state index in [1.807, 2.05) is 24.3 Å². The smallest absolute Gasteiger partial charge is 0.326 e. The maximum atomic E-state index is 12.3. The van der Waals surface area contributed by atoms with E-state index >= 15 is 0 Å². The summed E-state index contributed by atoms with van der Waals surface area (Å²) in [6.45, 7) is 0.357. The monoisotopic (exact) mass is 459 g/mol. The van der Waals surface area contributed by atoms with Gasteiger partial charge < -0.3 is 30.2 Å². The number of H-pyrrole nitrogens is 1. The number of carboxylic acids is 1. The molecule has 0 radical (unpaired) electrons. The number of hydrogen-bond donors (Lipinski definition) is 4. The van der Waals surface area contributed by atoms with Crippen molar-refractivity contribution in [2.24, 2.45) is 0 Å². The number of ether oxygens (including phenoxy) is 2. The van der Waals surface area contributed by atoms with Crippen LogP contribution in [0, 0.1) is 0 Å². The van der Waals surface area contributed by atoms with Gasteiger partial charge in [0.1, 0.15) is 6.04 Å². The zero-order valence-corrected chi connectivity index (χ0v) is 16.8. The number of para-hydroxylation sites is 1. The molecule has 0 saturated carbocycles. The summed E-state index contributed by atoms with van der Waals surface area (Å²) in [6, 6.07) is 9.53. The van der Waals surface area contributed by atoms with Crippen LogP contribution in [0.25, 0.3) is 10.9 Å². The first-order valence-corrected chi connectivity index (χ1v) is 9.71. The summed E-state index contributed by atoms with van der Waals surface area (Å²) in [5.41, 5.74) is 2.53. The van der Waals surface area contributed by atoms with Crippen molar-refractivity contribution in [3.05, 3.63) is 58.2 Å². The van der Waals surface area contributed by atoms with Crippen LogP contribution < -0.4 is 20.1 Å². The van der Waals surface area contributed by atoms with Crippen molar-refractivity contribution in [3.63, 3.8) is 0 Å². The number of carboxylic acid groups (broad SMARTS) is 1. The number of urea groups is 1. The minimum atomic E-state index is -1.10. The number of aromatic amines is 1. The van der Waals surface area contributed by atoms with E-state index in [1.54, 1.807) is 18.3 Å². The number of aliphatic carboxylic acids is 1. The van der Waals surface area contributed by atoms with Crippen molar-refractivity contribution in [1.82, 2.24) is 15.6 Å². The van der Waals surface area contributed by atoms with Gasteiger partial charge in [-0.15, -0.1) is 0 Å². The van der Waals surface area contributed by atoms with E-state index in [-0.39, 0.29) is 19.8 Å². The van der Waals surface area contributed by atoms with E-state index in [1.165, 1.54) is 0 Å². The van der Waals surface area contributed by atoms with Crippen LogP contribution in [0.1, 0.15) is 11.1 Å². The third-order valence-electron chi connectivity index (χ3n) is 4.68. The van der Waals surface area contributed by atoms with Gasteiger partial charge in [-0.2, -0.15) is 0 Å². The molecule has 29 heavy (non-hydrogen) atoms. The summed E-state index contributed by atoms with van der Waals surface area (Å²) in [7, 11) is 0. The molecule has 0 spiro atoms. The number of amides is 2. The normalized spacial score (nSPS) is 13.3. The second-order valence-electron chi connectivity index (χ2n) is 6.58. The highest BCUT2D eigenvalue weighted by Crippen LogP contribution is 2.36. The first-order valence-electron chi connectivity index (χ1n) is 8.91. The summed E-state index contributed by atoms with van der Waals surface area (Å²) in [4.78, 5) is 27.1. The van der Waals surface area contributed by atoms with Crippen LogP contribution in [-0.2, 0) is 17.8 Å². The third kappa shape index (κ3) is 4.14. The fourth-order valence-corrected chi connectivity index (χ4v) is 3.66. The lowest BCUT2D eigenvalue weighted by molar-refractivity contribution is -0.139. The Bertz CT molecular complexity index is 1080. The summed E-state index contributed by atoms with van der Waals surface area (Å²) in [6.07, 6.45) is 1.93. The molecule has 4 rings (SSSR count). The lowest BCUT2D eigenvalue weighted by Crippen LogP contribution is -2.46. The Kier molecular flexibility index (Phi) is 5.30. The molecule has 0 aliphatic carbocycles. The van der Waals surface area contributed by atoms with E-state index in [0.29, 0.717) is 11.5 Å². The Hall–Kier alpha value is -3.20. The summed E-state index contributed by atoms with van der Waals surface area (Å²) in [5, 5.41) is 15.7. The molecular weight excluding hydrogens is 442 g/mol. The number of carbonyl (C=O) groups excluding carboxylic acids is 1. The first-order chi connectivity index (χ1) is 14.0. The Labute approximate surface area is 174 Å². The Morgan fingerprint density at radius 2 is 1.93 bits per heavy atom. The lowest BCUT2D eigenvalue weighted by atomic mass is 10.1. The van der Waals surface area contributed by atoms with Crippen LogP contribution in [0.2, 0.25) is 0 Å². The molecule has 1 aliphatic rings. The maximum absolute atomic E-state index is 12.3. The van der Waals surface area contributed by atoms with Gasteiger partial charge in [-0.05, 0) is 29.3 Å². The zero-order chi connectivity index (χ0) is 20.4. The molecule has 8 nitrogen and oxygen atoms in total. The van der Waals surface area contributed by atoms with Gasteiger partial charge in [0.2, 0.25) is 6.79 Å². The van der Waals surface area contributed by atoms with E-state index in [0.717, 1.165) is 26.5 Å². The molecular formula is C20H18BrN3O5. The van der Waals surface area contributed by atoms with Crippen LogP contribution in [-0.4, -0.2) is 34.9 Å². The first kappa shape index (κ1) is 19.1. The van der Waals surface area contributed by atoms with Gasteiger partial charge in [0, 0.05) is 34.5 Å². The minimum Gasteiger partial charge on any atom is -0.480 e. The Morgan fingerprint density at radius 3 is 2.72 bits per heavy atom. The van der Waals surface area contributed by atoms with Crippen molar-refractivity contribution in [2.45, 2.75) is 19.0 Å². The molecule has 9 heteroatoms. The number of fused-ring (bicyclic) bond motifs is 2. The van der Waals surface area contributed by atoms with Gasteiger partial charge in [-0.25, -0.2) is 9.59 Å². The average Bonchev–Trinajstić information content (AvgIpc) is 3.32. The highest BCUT2D eigenvalue weighted by atomic mass is 79.9. The van der Waals surface area contributed by atoms with Crippen LogP contribution in [0.3, 0.4) is 0 Å². The van der Waals surface area contributed by atoms with Crippen LogP contribution in [0.4, 0.5) is 4.79 Å². The number of rotatable bonds is 6. The number of benzene rings is 2. The molecule has 3 aromatic rings. The molecule has 4 N–H and O–H groups in total. The number of aromatic nitrogens is 1. The lowest BCUT2D eigenvalue weighted by Gasteiger charge is -2.15. The van der Waals surface area contributed by atoms with Gasteiger partial charge in [0.25, 0.3) is 0 Å². The molecule has 1 aromatic heterocycles. The van der Waals surface area contributed by atoms with Crippen molar-refractivity contribution in [1.29, 1.82) is 0 Å². The predicted octanol–water partition coefficient (Wildman–Crippen LogP) is 3.15. The average molecular weight is 460 g/mol. The predicted molar refractivity (Wildman–Crippen MR) is 109 cm³/mol. The molecule has 2 heterocycles. The van der Waals surface area contributed by atoms with Crippen LogP contribution in [0.5, 0.6) is 11.5 Å². The SMILES string of the molecule is O=C(NCc1cc2c(cc1Br)OCO2)NC(Cc1c[nH]c2ccccc12)C(=O)O. The molecule has 2 amide bonds. The molecule has 2 aromatic carbocycles. The molecule has 1 unspecified atom stereocenters. The molecule has 1 atom stereocenters. The van der Waals surface area contributed by atoms with E-state index < -0.39 is 18.0 Å². The fourth-order valence-electron chi connectivity index (χ4n) is 3.20. The molecule has 0 fully saturated rings. The summed E-state index contributed by atoms with van der Waals surface area (Å²) < 4.78 is 11.4. The Balaban J connectivity index is 1.40. The van der Waals surface area contributed by atoms with Gasteiger partial charge in [-0.3, -0.25) is 0 Å². The second kappa shape index (κ2) is 8.04. The van der Waals surface area contributed by atoms with Crippen molar-refractivity contribution >= 4 is 38.8 Å². The van der Waals surface area contributed by atoms with Crippen LogP contribution in [0.15, 0.2) is 47.1 Å². The third-order valence-corrected chi connectivity index (χ3v) is 5.42. The van der Waals surface area contributed by atoms with Gasteiger partial charge in [0.05, 0.1) is 0 Å². The highest BCUT2D eigenvalue weighted by Gasteiger charge is 2.22. The largest absolute Gasteiger partial charge is 0.480 e. The quantitative estimate of drug-likeness (QED) is 0.452. The van der Waals surface area contributed by atoms with Gasteiger partial charge in [-0.1, -0.05) is 34.1 Å². The fraction of sp³-hybridized carbons (Fsp3) is 0.200. The molecule has 0 bridgehead atoms. The minimum absolute atomic E-state index is 0.160. The second-order valence-corrected chi connectivity index (χ2v) is 7.43. The number of carbonyl (C=O) groups is 2. The summed E-state index contributed by atoms with van der Waals surface area (Å²) >= 11 is 3.43. The zero-order valence-electron chi connectivity index (χ0n) is 15.2. The highest BCUT2D eigenvalue weighted by molar-refractivity contribution is 9.10. The standard InChI is InChI=1S/C20H18BrN3O5/c21-14-7-18-17(28-10-29-18)6-12(14)9-23-20(27)24-16(19(25)26)5-11-8-22-15-4-2-1-3-13(11)15/h1-4,6-8,16,22H,5,9-10H2,(H,25,26)(H2,23,24,27). The number of hydrogen-bond acceptors (Lipinski definition) is 4. The maximum Gasteiger partial charge on any atom is 0.326 e. The van der Waals surface area contributed by atoms with Crippen molar-refractivity contribution in [3.8, 4) is 11.5 Å². The van der Waals surface area contributed by atoms with Gasteiger partial charge in [0.15, 0.2) is 11.5 Å². The Morgan fingerprint density at radius 1 is 1.17 bits per heavy atom. The van der Waals surface area contributed by atoms with Crippen molar-refractivity contribution in [2.75, 3.05) is 6.79 Å². The topological polar surface area (TPSA) is 113 Å². The van der Waals surface area contributed by atoms with E-state index in [4.69, 9.17) is 9.47 Å².